The van der Waals surface area contributed by atoms with Gasteiger partial charge in [0.05, 0.1) is 21.3 Å². The van der Waals surface area contributed by atoms with Crippen LogP contribution in [0, 0.1) is 0 Å². The van der Waals surface area contributed by atoms with Crippen molar-refractivity contribution in [3.63, 3.8) is 0 Å². The van der Waals surface area contributed by atoms with Crippen LogP contribution in [-0.2, 0) is 11.2 Å². The van der Waals surface area contributed by atoms with E-state index < -0.39 is 0 Å². The molecular weight excluding hydrogens is 376 g/mol. The minimum absolute atomic E-state index is 0.0631. The number of nitrogens with one attached hydrogen (secondary N) is 2. The molecule has 29 heavy (non-hydrogen) atoms. The lowest BCUT2D eigenvalue weighted by atomic mass is 10.1. The predicted molar refractivity (Wildman–Crippen MR) is 106 cm³/mol. The number of benzene rings is 1. The van der Waals surface area contributed by atoms with Crippen LogP contribution < -0.4 is 25.1 Å². The first-order valence-corrected chi connectivity index (χ1v) is 9.61. The molecule has 0 spiro atoms. The Bertz CT molecular complexity index is 896. The van der Waals surface area contributed by atoms with Gasteiger partial charge in [0.25, 0.3) is 5.56 Å². The zero-order valence-corrected chi connectivity index (χ0v) is 16.9. The first kappa shape index (κ1) is 20.6. The van der Waals surface area contributed by atoms with Crippen LogP contribution in [0.4, 0.5) is 0 Å². The number of H-pyrrole nitrogens is 1. The molecule has 0 radical (unpaired) electrons. The Hall–Kier alpha value is -3.10. The van der Waals surface area contributed by atoms with Crippen molar-refractivity contribution in [1.29, 1.82) is 0 Å². The molecule has 1 amide bonds. The van der Waals surface area contributed by atoms with E-state index in [2.05, 4.69) is 20.5 Å². The average Bonchev–Trinajstić information content (AvgIpc) is 3.24. The Morgan fingerprint density at radius 1 is 1.10 bits per heavy atom. The number of aromatic nitrogens is 3. The molecule has 2 aromatic rings. The van der Waals surface area contributed by atoms with Gasteiger partial charge in [-0.1, -0.05) is 12.8 Å². The molecule has 0 atom stereocenters. The molecule has 9 nitrogen and oxygen atoms in total. The van der Waals surface area contributed by atoms with Crippen molar-refractivity contribution in [1.82, 2.24) is 20.5 Å². The summed E-state index contributed by atoms with van der Waals surface area (Å²) in [7, 11) is 4.53. The summed E-state index contributed by atoms with van der Waals surface area (Å²) in [6, 6.07) is 3.61. The van der Waals surface area contributed by atoms with Crippen molar-refractivity contribution in [2.45, 2.75) is 44.6 Å². The maximum atomic E-state index is 12.4. The second-order valence-corrected chi connectivity index (χ2v) is 6.91. The van der Waals surface area contributed by atoms with Gasteiger partial charge in [0.1, 0.15) is 5.69 Å². The van der Waals surface area contributed by atoms with Crippen LogP contribution in [0.1, 0.15) is 37.8 Å². The van der Waals surface area contributed by atoms with Crippen molar-refractivity contribution in [3.8, 4) is 28.6 Å². The number of carbonyl (C=O) groups excluding carboxylic acids is 1. The number of aryl methyl sites for hydroxylation is 1. The molecule has 1 aliphatic carbocycles. The molecule has 2 N–H and O–H groups in total. The van der Waals surface area contributed by atoms with Crippen LogP contribution in [0.5, 0.6) is 17.2 Å². The number of nitrogens with zero attached hydrogens (tertiary/aromatic N) is 2. The maximum absolute atomic E-state index is 12.4. The smallest absolute Gasteiger partial charge is 0.273 e. The summed E-state index contributed by atoms with van der Waals surface area (Å²) in [5.74, 6) is 1.54. The van der Waals surface area contributed by atoms with Gasteiger partial charge in [0, 0.05) is 24.4 Å². The number of methoxy groups -OCH3 is 3. The van der Waals surface area contributed by atoms with E-state index in [1.165, 1.54) is 21.3 Å². The van der Waals surface area contributed by atoms with E-state index in [1.54, 1.807) is 12.1 Å². The van der Waals surface area contributed by atoms with Gasteiger partial charge < -0.3 is 24.5 Å². The molecule has 1 aromatic carbocycles. The third kappa shape index (κ3) is 4.85. The van der Waals surface area contributed by atoms with E-state index in [0.717, 1.165) is 25.7 Å². The highest BCUT2D eigenvalue weighted by atomic mass is 16.5. The van der Waals surface area contributed by atoms with Gasteiger partial charge >= 0.3 is 0 Å². The van der Waals surface area contributed by atoms with Gasteiger partial charge in [-0.05, 0) is 25.0 Å². The fourth-order valence-electron chi connectivity index (χ4n) is 3.47. The molecule has 0 aliphatic heterocycles. The molecule has 0 saturated heterocycles. The van der Waals surface area contributed by atoms with Gasteiger partial charge in [-0.2, -0.15) is 0 Å². The highest BCUT2D eigenvalue weighted by molar-refractivity contribution is 5.76. The number of amides is 1. The number of ether oxygens (including phenoxy) is 3. The van der Waals surface area contributed by atoms with E-state index in [4.69, 9.17) is 14.2 Å². The van der Waals surface area contributed by atoms with Crippen LogP contribution in [0.2, 0.25) is 0 Å². The molecule has 156 valence electrons. The lowest BCUT2D eigenvalue weighted by Crippen LogP contribution is -2.33. The number of carbonyl (C=O) groups is 1. The summed E-state index contributed by atoms with van der Waals surface area (Å²) in [4.78, 5) is 27.2. The molecule has 0 bridgehead atoms. The van der Waals surface area contributed by atoms with Crippen molar-refractivity contribution >= 4 is 5.91 Å². The molecular formula is C20H26N4O5. The molecule has 3 rings (SSSR count). The lowest BCUT2D eigenvalue weighted by Gasteiger charge is -2.13. The van der Waals surface area contributed by atoms with Crippen LogP contribution in [0.25, 0.3) is 11.4 Å². The normalized spacial score (nSPS) is 13.9. The Morgan fingerprint density at radius 3 is 2.31 bits per heavy atom. The monoisotopic (exact) mass is 402 g/mol. The molecule has 1 saturated carbocycles. The molecule has 9 heteroatoms. The fraction of sp³-hybridized carbons (Fsp3) is 0.500. The van der Waals surface area contributed by atoms with Gasteiger partial charge in [0.2, 0.25) is 11.7 Å². The Labute approximate surface area is 168 Å². The Kier molecular flexibility index (Phi) is 6.69. The first-order valence-electron chi connectivity index (χ1n) is 9.61. The van der Waals surface area contributed by atoms with Gasteiger partial charge in [-0.3, -0.25) is 9.59 Å². The number of hydrogen-bond donors (Lipinski definition) is 2. The fourth-order valence-corrected chi connectivity index (χ4v) is 3.47. The van der Waals surface area contributed by atoms with E-state index in [9.17, 15) is 9.59 Å². The molecule has 0 unspecified atom stereocenters. The Morgan fingerprint density at radius 2 is 1.76 bits per heavy atom. The maximum Gasteiger partial charge on any atom is 0.273 e. The third-order valence-electron chi connectivity index (χ3n) is 5.01. The van der Waals surface area contributed by atoms with Crippen molar-refractivity contribution in [2.24, 2.45) is 0 Å². The summed E-state index contributed by atoms with van der Waals surface area (Å²) in [6.07, 6.45) is 4.79. The highest BCUT2D eigenvalue weighted by Gasteiger charge is 2.18. The summed E-state index contributed by atoms with van der Waals surface area (Å²) < 4.78 is 15.9. The van der Waals surface area contributed by atoms with Gasteiger partial charge in [0.15, 0.2) is 17.3 Å². The molecule has 1 heterocycles. The zero-order chi connectivity index (χ0) is 20.8. The molecule has 1 aliphatic rings. The topological polar surface area (TPSA) is 115 Å². The van der Waals surface area contributed by atoms with Crippen LogP contribution in [0.15, 0.2) is 16.9 Å². The highest BCUT2D eigenvalue weighted by Crippen LogP contribution is 2.40. The zero-order valence-electron chi connectivity index (χ0n) is 16.9. The number of rotatable bonds is 8. The van der Waals surface area contributed by atoms with E-state index in [-0.39, 0.29) is 41.9 Å². The standard InChI is InChI=1S/C20H26N4O5/c1-27-15-10-12(11-16(28-2)18(15)29-3)19-22-20(26)14(23-24-19)8-9-17(25)21-13-6-4-5-7-13/h10-11,13H,4-9H2,1-3H3,(H,21,25)(H,22,24,26). The molecule has 1 fully saturated rings. The third-order valence-corrected chi connectivity index (χ3v) is 5.01. The first-order chi connectivity index (χ1) is 14.0. The van der Waals surface area contributed by atoms with Gasteiger partial charge in [-0.25, -0.2) is 0 Å². The lowest BCUT2D eigenvalue weighted by molar-refractivity contribution is -0.121. The minimum atomic E-state index is -0.377. The minimum Gasteiger partial charge on any atom is -0.493 e. The molecule has 1 aromatic heterocycles. The van der Waals surface area contributed by atoms with E-state index in [0.29, 0.717) is 22.8 Å². The summed E-state index contributed by atoms with van der Waals surface area (Å²) in [5, 5.41) is 11.1. The summed E-state index contributed by atoms with van der Waals surface area (Å²) in [6.45, 7) is 0. The van der Waals surface area contributed by atoms with Gasteiger partial charge in [-0.15, -0.1) is 10.2 Å². The number of hydrogen-bond acceptors (Lipinski definition) is 7. The quantitative estimate of drug-likeness (QED) is 0.692. The van der Waals surface area contributed by atoms with E-state index >= 15 is 0 Å². The number of aromatic amines is 1. The largest absolute Gasteiger partial charge is 0.493 e. The van der Waals surface area contributed by atoms with Crippen molar-refractivity contribution in [2.75, 3.05) is 21.3 Å². The second kappa shape index (κ2) is 9.40. The van der Waals surface area contributed by atoms with Crippen molar-refractivity contribution in [3.05, 3.63) is 28.2 Å². The van der Waals surface area contributed by atoms with Crippen molar-refractivity contribution < 1.29 is 19.0 Å². The van der Waals surface area contributed by atoms with Crippen LogP contribution in [-0.4, -0.2) is 48.5 Å². The second-order valence-electron chi connectivity index (χ2n) is 6.91. The Balaban J connectivity index is 1.74. The SMILES string of the molecule is COc1cc(-c2nnc(CCC(=O)NC3CCCC3)c(=O)[nH]2)cc(OC)c1OC. The summed E-state index contributed by atoms with van der Waals surface area (Å²) >= 11 is 0. The predicted octanol–water partition coefficient (Wildman–Crippen LogP) is 1.85. The van der Waals surface area contributed by atoms with E-state index in [1.807, 2.05) is 0 Å². The average molecular weight is 402 g/mol. The van der Waals surface area contributed by atoms with Crippen LogP contribution >= 0.6 is 0 Å². The summed E-state index contributed by atoms with van der Waals surface area (Å²) in [5.41, 5.74) is 0.412. The van der Waals surface area contributed by atoms with Crippen LogP contribution in [0.3, 0.4) is 0 Å².